The minimum Gasteiger partial charge on any atom is -0.351 e. The monoisotopic (exact) mass is 314 g/mol. The summed E-state index contributed by atoms with van der Waals surface area (Å²) in [5.74, 6) is -0.830. The quantitative estimate of drug-likeness (QED) is 0.859. The summed E-state index contributed by atoms with van der Waals surface area (Å²) in [5, 5.41) is 4.73. The highest BCUT2D eigenvalue weighted by molar-refractivity contribution is 7.09. The summed E-state index contributed by atoms with van der Waals surface area (Å²) >= 11 is 1.57. The Bertz CT molecular complexity index is 690. The minimum atomic E-state index is -0.327. The smallest absolute Gasteiger partial charge is 0.261 e. The zero-order chi connectivity index (χ0) is 15.5. The third-order valence-corrected chi connectivity index (χ3v) is 4.36. The summed E-state index contributed by atoms with van der Waals surface area (Å²) in [6.45, 7) is 0.571. The van der Waals surface area contributed by atoms with Gasteiger partial charge >= 0.3 is 0 Å². The molecule has 1 aromatic carbocycles. The lowest BCUT2D eigenvalue weighted by Crippen LogP contribution is -2.34. The molecular weight excluding hydrogens is 300 g/mol. The van der Waals surface area contributed by atoms with E-state index in [0.29, 0.717) is 17.7 Å². The molecule has 1 aromatic heterocycles. The van der Waals surface area contributed by atoms with Crippen LogP contribution in [0.15, 0.2) is 41.8 Å². The van der Waals surface area contributed by atoms with Gasteiger partial charge in [-0.3, -0.25) is 19.3 Å². The maximum Gasteiger partial charge on any atom is 0.261 e. The van der Waals surface area contributed by atoms with E-state index in [2.05, 4.69) is 5.32 Å². The molecule has 0 unspecified atom stereocenters. The molecule has 1 aliphatic heterocycles. The first kappa shape index (κ1) is 14.5. The number of nitrogens with one attached hydrogen (secondary N) is 1. The van der Waals surface area contributed by atoms with Gasteiger partial charge in [-0.05, 0) is 23.6 Å². The molecule has 0 saturated carbocycles. The van der Waals surface area contributed by atoms with Gasteiger partial charge in [0.2, 0.25) is 5.91 Å². The van der Waals surface area contributed by atoms with Gasteiger partial charge in [-0.15, -0.1) is 11.3 Å². The number of fused-ring (bicyclic) bond motifs is 1. The lowest BCUT2D eigenvalue weighted by atomic mass is 10.1. The number of carbonyl (C=O) groups excluding carboxylic acids is 3. The van der Waals surface area contributed by atoms with Crippen LogP contribution in [0, 0.1) is 0 Å². The Morgan fingerprint density at radius 1 is 1.05 bits per heavy atom. The molecule has 22 heavy (non-hydrogen) atoms. The molecular formula is C16H14N2O3S. The van der Waals surface area contributed by atoms with Crippen LogP contribution in [0.3, 0.4) is 0 Å². The van der Waals surface area contributed by atoms with Crippen molar-refractivity contribution in [3.63, 3.8) is 0 Å². The van der Waals surface area contributed by atoms with Crippen LogP contribution < -0.4 is 5.32 Å². The third-order valence-electron chi connectivity index (χ3n) is 3.48. The summed E-state index contributed by atoms with van der Waals surface area (Å²) in [7, 11) is 0. The predicted octanol–water partition coefficient (Wildman–Crippen LogP) is 2.05. The first-order valence-corrected chi connectivity index (χ1v) is 7.79. The van der Waals surface area contributed by atoms with E-state index < -0.39 is 0 Å². The van der Waals surface area contributed by atoms with Crippen molar-refractivity contribution in [3.8, 4) is 0 Å². The van der Waals surface area contributed by atoms with E-state index in [1.807, 2.05) is 17.5 Å². The second kappa shape index (κ2) is 6.11. The van der Waals surface area contributed by atoms with Gasteiger partial charge in [0, 0.05) is 17.8 Å². The Kier molecular flexibility index (Phi) is 4.02. The summed E-state index contributed by atoms with van der Waals surface area (Å²) < 4.78 is 0. The molecule has 6 heteroatoms. The topological polar surface area (TPSA) is 66.5 Å². The van der Waals surface area contributed by atoms with Crippen molar-refractivity contribution in [1.29, 1.82) is 0 Å². The Morgan fingerprint density at radius 2 is 1.73 bits per heavy atom. The molecule has 0 saturated heterocycles. The lowest BCUT2D eigenvalue weighted by molar-refractivity contribution is -0.121. The second-order valence-corrected chi connectivity index (χ2v) is 5.95. The number of amides is 3. The van der Waals surface area contributed by atoms with Gasteiger partial charge in [0.1, 0.15) is 0 Å². The first-order chi connectivity index (χ1) is 10.7. The third kappa shape index (κ3) is 2.78. The van der Waals surface area contributed by atoms with Crippen LogP contribution >= 0.6 is 11.3 Å². The van der Waals surface area contributed by atoms with Crippen molar-refractivity contribution >= 4 is 29.1 Å². The highest BCUT2D eigenvalue weighted by Crippen LogP contribution is 2.22. The normalized spacial score (nSPS) is 13.4. The molecule has 0 fully saturated rings. The molecule has 0 spiro atoms. The van der Waals surface area contributed by atoms with Crippen LogP contribution in [0.4, 0.5) is 0 Å². The fourth-order valence-electron chi connectivity index (χ4n) is 2.34. The van der Waals surface area contributed by atoms with E-state index in [1.165, 1.54) is 0 Å². The molecule has 112 valence electrons. The molecule has 5 nitrogen and oxygen atoms in total. The SMILES string of the molecule is O=C(CCN1C(=O)c2ccccc2C1=O)NCc1cccs1. The maximum absolute atomic E-state index is 12.1. The number of thiophene rings is 1. The fourth-order valence-corrected chi connectivity index (χ4v) is 2.99. The average molecular weight is 314 g/mol. The summed E-state index contributed by atoms with van der Waals surface area (Å²) in [4.78, 5) is 38.3. The van der Waals surface area contributed by atoms with E-state index in [9.17, 15) is 14.4 Å². The van der Waals surface area contributed by atoms with Crippen LogP contribution in [-0.4, -0.2) is 29.2 Å². The summed E-state index contributed by atoms with van der Waals surface area (Å²) in [6.07, 6.45) is 0.108. The Morgan fingerprint density at radius 3 is 2.32 bits per heavy atom. The van der Waals surface area contributed by atoms with Crippen molar-refractivity contribution in [2.24, 2.45) is 0 Å². The minimum absolute atomic E-state index is 0.0998. The van der Waals surface area contributed by atoms with Gasteiger partial charge in [0.25, 0.3) is 11.8 Å². The van der Waals surface area contributed by atoms with Crippen LogP contribution in [0.5, 0.6) is 0 Å². The van der Waals surface area contributed by atoms with Crippen molar-refractivity contribution < 1.29 is 14.4 Å². The Balaban J connectivity index is 1.55. The van der Waals surface area contributed by atoms with Gasteiger partial charge < -0.3 is 5.32 Å². The van der Waals surface area contributed by atoms with Crippen molar-refractivity contribution in [2.75, 3.05) is 6.54 Å². The summed E-state index contributed by atoms with van der Waals surface area (Å²) in [6, 6.07) is 10.6. The molecule has 2 aromatic rings. The Labute approximate surface area is 131 Å². The van der Waals surface area contributed by atoms with E-state index in [-0.39, 0.29) is 30.7 Å². The number of hydrogen-bond acceptors (Lipinski definition) is 4. The highest BCUT2D eigenvalue weighted by atomic mass is 32.1. The van der Waals surface area contributed by atoms with Crippen LogP contribution in [-0.2, 0) is 11.3 Å². The molecule has 0 radical (unpaired) electrons. The zero-order valence-corrected chi connectivity index (χ0v) is 12.6. The zero-order valence-electron chi connectivity index (χ0n) is 11.7. The molecule has 2 heterocycles. The van der Waals surface area contributed by atoms with Gasteiger partial charge in [-0.1, -0.05) is 18.2 Å². The predicted molar refractivity (Wildman–Crippen MR) is 82.6 cm³/mol. The summed E-state index contributed by atoms with van der Waals surface area (Å²) in [5.41, 5.74) is 0.818. The van der Waals surface area contributed by atoms with Gasteiger partial charge in [0.15, 0.2) is 0 Å². The van der Waals surface area contributed by atoms with Crippen molar-refractivity contribution in [2.45, 2.75) is 13.0 Å². The highest BCUT2D eigenvalue weighted by Gasteiger charge is 2.34. The maximum atomic E-state index is 12.1. The molecule has 3 amide bonds. The van der Waals surface area contributed by atoms with Crippen LogP contribution in [0.1, 0.15) is 32.0 Å². The lowest BCUT2D eigenvalue weighted by Gasteiger charge is -2.13. The van der Waals surface area contributed by atoms with E-state index in [4.69, 9.17) is 0 Å². The standard InChI is InChI=1S/C16H14N2O3S/c19-14(17-10-11-4-3-9-22-11)7-8-18-15(20)12-5-1-2-6-13(12)16(18)21/h1-6,9H,7-8,10H2,(H,17,19). The molecule has 0 atom stereocenters. The van der Waals surface area contributed by atoms with Crippen molar-refractivity contribution in [1.82, 2.24) is 10.2 Å². The second-order valence-electron chi connectivity index (χ2n) is 4.91. The van der Waals surface area contributed by atoms with Crippen LogP contribution in [0.2, 0.25) is 0 Å². The number of carbonyl (C=O) groups is 3. The van der Waals surface area contributed by atoms with Gasteiger partial charge in [-0.2, -0.15) is 0 Å². The Hall–Kier alpha value is -2.47. The molecule has 3 rings (SSSR count). The van der Waals surface area contributed by atoms with Crippen LogP contribution in [0.25, 0.3) is 0 Å². The van der Waals surface area contributed by atoms with E-state index in [1.54, 1.807) is 35.6 Å². The number of imide groups is 1. The van der Waals surface area contributed by atoms with E-state index >= 15 is 0 Å². The van der Waals surface area contributed by atoms with Gasteiger partial charge in [-0.25, -0.2) is 0 Å². The fraction of sp³-hybridized carbons (Fsp3) is 0.188. The first-order valence-electron chi connectivity index (χ1n) is 6.91. The van der Waals surface area contributed by atoms with Gasteiger partial charge in [0.05, 0.1) is 17.7 Å². The average Bonchev–Trinajstić information content (AvgIpc) is 3.13. The molecule has 1 aliphatic rings. The van der Waals surface area contributed by atoms with E-state index in [0.717, 1.165) is 9.78 Å². The number of nitrogens with zero attached hydrogens (tertiary/aromatic N) is 1. The number of benzene rings is 1. The van der Waals surface area contributed by atoms with Crippen molar-refractivity contribution in [3.05, 3.63) is 57.8 Å². The largest absolute Gasteiger partial charge is 0.351 e. The molecule has 1 N–H and O–H groups in total. The number of hydrogen-bond donors (Lipinski definition) is 1. The number of rotatable bonds is 5. The molecule has 0 bridgehead atoms. The molecule has 0 aliphatic carbocycles.